The lowest BCUT2D eigenvalue weighted by atomic mass is 9.83. The number of esters is 1. The van der Waals surface area contributed by atoms with Crippen LogP contribution in [0.25, 0.3) is 0 Å². The summed E-state index contributed by atoms with van der Waals surface area (Å²) in [4.78, 5) is 23.0. The van der Waals surface area contributed by atoms with Gasteiger partial charge in [-0.3, -0.25) is 9.59 Å². The van der Waals surface area contributed by atoms with Crippen LogP contribution in [-0.2, 0) is 23.8 Å². The molecule has 3 aliphatic rings. The largest absolute Gasteiger partial charge is 0.456 e. The summed E-state index contributed by atoms with van der Waals surface area (Å²) in [7, 11) is 0. The number of allylic oxidation sites excluding steroid dienone is 1. The monoisotopic (exact) mass is 266 g/mol. The van der Waals surface area contributed by atoms with Gasteiger partial charge in [0.1, 0.15) is 0 Å². The minimum atomic E-state index is -0.851. The molecule has 0 aromatic carbocycles. The first-order chi connectivity index (χ1) is 9.11. The molecule has 1 spiro atoms. The Kier molecular flexibility index (Phi) is 3.19. The SMILES string of the molecule is CC(=O)O[C@@H]1[C@@H]2CC(=O)C=C2CO[C@@]12CCCCO2. The van der Waals surface area contributed by atoms with Crippen molar-refractivity contribution < 1.29 is 23.8 Å². The van der Waals surface area contributed by atoms with Crippen molar-refractivity contribution in [3.05, 3.63) is 11.6 Å². The topological polar surface area (TPSA) is 61.8 Å². The summed E-state index contributed by atoms with van der Waals surface area (Å²) in [5.41, 5.74) is 0.927. The van der Waals surface area contributed by atoms with Gasteiger partial charge in [0, 0.05) is 25.7 Å². The fraction of sp³-hybridized carbons (Fsp3) is 0.714. The Labute approximate surface area is 111 Å². The maximum atomic E-state index is 11.6. The predicted octanol–water partition coefficient (Wildman–Crippen LogP) is 1.36. The van der Waals surface area contributed by atoms with E-state index in [2.05, 4.69) is 0 Å². The molecule has 0 saturated carbocycles. The Morgan fingerprint density at radius 1 is 1.42 bits per heavy atom. The molecule has 2 heterocycles. The Balaban J connectivity index is 1.90. The third kappa shape index (κ3) is 2.21. The highest BCUT2D eigenvalue weighted by Crippen LogP contribution is 2.44. The van der Waals surface area contributed by atoms with Gasteiger partial charge in [-0.05, 0) is 24.5 Å². The van der Waals surface area contributed by atoms with E-state index in [1.54, 1.807) is 6.08 Å². The quantitative estimate of drug-likeness (QED) is 0.671. The van der Waals surface area contributed by atoms with Crippen molar-refractivity contribution >= 4 is 11.8 Å². The van der Waals surface area contributed by atoms with E-state index in [4.69, 9.17) is 14.2 Å². The first-order valence-electron chi connectivity index (χ1n) is 6.79. The molecule has 0 N–H and O–H groups in total. The zero-order valence-corrected chi connectivity index (χ0v) is 11.0. The van der Waals surface area contributed by atoms with Gasteiger partial charge in [0.15, 0.2) is 11.9 Å². The van der Waals surface area contributed by atoms with Crippen LogP contribution in [0.5, 0.6) is 0 Å². The zero-order chi connectivity index (χ0) is 13.5. The fourth-order valence-corrected chi connectivity index (χ4v) is 3.24. The standard InChI is InChI=1S/C14H18O5/c1-9(15)19-13-12-7-11(16)6-10(12)8-18-14(13)4-2-3-5-17-14/h6,12-13H,2-5,7-8H2,1H3/t12-,13-,14+/m1/s1. The lowest BCUT2D eigenvalue weighted by Crippen LogP contribution is -2.57. The molecule has 1 aliphatic carbocycles. The highest BCUT2D eigenvalue weighted by molar-refractivity contribution is 5.93. The van der Waals surface area contributed by atoms with E-state index in [1.165, 1.54) is 6.92 Å². The molecule has 0 radical (unpaired) electrons. The van der Waals surface area contributed by atoms with E-state index in [1.807, 2.05) is 0 Å². The van der Waals surface area contributed by atoms with Crippen LogP contribution in [0.2, 0.25) is 0 Å². The summed E-state index contributed by atoms with van der Waals surface area (Å²) in [6.07, 6.45) is 4.19. The molecule has 3 atom stereocenters. The molecule has 2 saturated heterocycles. The van der Waals surface area contributed by atoms with E-state index >= 15 is 0 Å². The molecule has 104 valence electrons. The molecule has 2 fully saturated rings. The average molecular weight is 266 g/mol. The van der Waals surface area contributed by atoms with Crippen LogP contribution in [0.15, 0.2) is 11.6 Å². The van der Waals surface area contributed by atoms with E-state index < -0.39 is 11.9 Å². The summed E-state index contributed by atoms with van der Waals surface area (Å²) < 4.78 is 17.2. The molecule has 0 aromatic heterocycles. The van der Waals surface area contributed by atoms with Crippen LogP contribution < -0.4 is 0 Å². The van der Waals surface area contributed by atoms with Gasteiger partial charge in [0.25, 0.3) is 0 Å². The van der Waals surface area contributed by atoms with Crippen LogP contribution in [0.3, 0.4) is 0 Å². The first kappa shape index (κ1) is 12.8. The van der Waals surface area contributed by atoms with Gasteiger partial charge < -0.3 is 14.2 Å². The molecule has 0 unspecified atom stereocenters. The van der Waals surface area contributed by atoms with Gasteiger partial charge >= 0.3 is 5.97 Å². The molecular weight excluding hydrogens is 248 g/mol. The summed E-state index contributed by atoms with van der Waals surface area (Å²) in [6.45, 7) is 2.39. The number of carbonyl (C=O) groups excluding carboxylic acids is 2. The Morgan fingerprint density at radius 2 is 2.26 bits per heavy atom. The predicted molar refractivity (Wildman–Crippen MR) is 65.2 cm³/mol. The summed E-state index contributed by atoms with van der Waals surface area (Å²) >= 11 is 0. The third-order valence-electron chi connectivity index (χ3n) is 4.08. The van der Waals surface area contributed by atoms with Gasteiger partial charge in [0.2, 0.25) is 5.79 Å². The van der Waals surface area contributed by atoms with Crippen LogP contribution in [0.1, 0.15) is 32.6 Å². The zero-order valence-electron chi connectivity index (χ0n) is 11.0. The average Bonchev–Trinajstić information content (AvgIpc) is 2.75. The molecule has 5 nitrogen and oxygen atoms in total. The summed E-state index contributed by atoms with van der Waals surface area (Å²) in [6, 6.07) is 0. The van der Waals surface area contributed by atoms with Crippen LogP contribution in [-0.4, -0.2) is 36.9 Å². The van der Waals surface area contributed by atoms with Gasteiger partial charge in [-0.25, -0.2) is 0 Å². The first-order valence-corrected chi connectivity index (χ1v) is 6.79. The molecule has 0 bridgehead atoms. The molecule has 0 aromatic rings. The number of hydrogen-bond donors (Lipinski definition) is 0. The highest BCUT2D eigenvalue weighted by atomic mass is 16.7. The minimum Gasteiger partial charge on any atom is -0.456 e. The lowest BCUT2D eigenvalue weighted by Gasteiger charge is -2.47. The lowest BCUT2D eigenvalue weighted by molar-refractivity contribution is -0.317. The maximum Gasteiger partial charge on any atom is 0.303 e. The van der Waals surface area contributed by atoms with Gasteiger partial charge in [0.05, 0.1) is 13.2 Å². The summed E-state index contributed by atoms with van der Waals surface area (Å²) in [5.74, 6) is -1.21. The van der Waals surface area contributed by atoms with Crippen molar-refractivity contribution in [3.63, 3.8) is 0 Å². The molecule has 2 aliphatic heterocycles. The Hall–Kier alpha value is -1.20. The van der Waals surface area contributed by atoms with Crippen LogP contribution in [0, 0.1) is 5.92 Å². The summed E-state index contributed by atoms with van der Waals surface area (Å²) in [5, 5.41) is 0. The second-order valence-corrected chi connectivity index (χ2v) is 5.43. The van der Waals surface area contributed by atoms with Crippen LogP contribution in [0.4, 0.5) is 0 Å². The smallest absolute Gasteiger partial charge is 0.303 e. The highest BCUT2D eigenvalue weighted by Gasteiger charge is 2.54. The van der Waals surface area contributed by atoms with E-state index in [9.17, 15) is 9.59 Å². The second-order valence-electron chi connectivity index (χ2n) is 5.43. The number of hydrogen-bond acceptors (Lipinski definition) is 5. The van der Waals surface area contributed by atoms with Gasteiger partial charge in [-0.1, -0.05) is 0 Å². The number of fused-ring (bicyclic) bond motifs is 1. The van der Waals surface area contributed by atoms with Crippen molar-refractivity contribution in [2.45, 2.75) is 44.5 Å². The Bertz CT molecular complexity index is 433. The van der Waals surface area contributed by atoms with Crippen molar-refractivity contribution in [2.24, 2.45) is 5.92 Å². The molecule has 5 heteroatoms. The maximum absolute atomic E-state index is 11.6. The minimum absolute atomic E-state index is 0.0774. The van der Waals surface area contributed by atoms with Crippen molar-refractivity contribution in [1.82, 2.24) is 0 Å². The van der Waals surface area contributed by atoms with E-state index in [-0.39, 0.29) is 17.7 Å². The normalized spacial score (nSPS) is 37.9. The third-order valence-corrected chi connectivity index (χ3v) is 4.08. The number of ketones is 1. The van der Waals surface area contributed by atoms with Crippen molar-refractivity contribution in [3.8, 4) is 0 Å². The fourth-order valence-electron chi connectivity index (χ4n) is 3.24. The van der Waals surface area contributed by atoms with Crippen LogP contribution >= 0.6 is 0 Å². The van der Waals surface area contributed by atoms with Crippen molar-refractivity contribution in [2.75, 3.05) is 13.2 Å². The number of carbonyl (C=O) groups is 2. The van der Waals surface area contributed by atoms with Gasteiger partial charge in [-0.15, -0.1) is 0 Å². The Morgan fingerprint density at radius 3 is 2.95 bits per heavy atom. The van der Waals surface area contributed by atoms with Crippen molar-refractivity contribution in [1.29, 1.82) is 0 Å². The number of ether oxygens (including phenoxy) is 3. The number of rotatable bonds is 1. The van der Waals surface area contributed by atoms with E-state index in [0.717, 1.165) is 18.4 Å². The van der Waals surface area contributed by atoms with E-state index in [0.29, 0.717) is 26.1 Å². The molecular formula is C14H18O5. The molecule has 3 rings (SSSR count). The molecule has 0 amide bonds. The second kappa shape index (κ2) is 4.72. The molecule has 19 heavy (non-hydrogen) atoms. The van der Waals surface area contributed by atoms with Gasteiger partial charge in [-0.2, -0.15) is 0 Å².